The molecule has 1 saturated heterocycles. The third-order valence-corrected chi connectivity index (χ3v) is 1.60. The highest BCUT2D eigenvalue weighted by Crippen LogP contribution is 2.29. The molecule has 10 heavy (non-hydrogen) atoms. The molecule has 2 atom stereocenters. The predicted molar refractivity (Wildman–Crippen MR) is 34.4 cm³/mol. The smallest absolute Gasteiger partial charge is 0.168 e. The minimum atomic E-state index is -0.963. The molecule has 54 valence electrons. The van der Waals surface area contributed by atoms with Gasteiger partial charge in [0, 0.05) is 6.20 Å². The van der Waals surface area contributed by atoms with Gasteiger partial charge in [-0.2, -0.15) is 0 Å². The van der Waals surface area contributed by atoms with Crippen molar-refractivity contribution in [3.8, 4) is 0 Å². The molecule has 1 aliphatic rings. The van der Waals surface area contributed by atoms with E-state index in [1.807, 2.05) is 0 Å². The van der Waals surface area contributed by atoms with Gasteiger partial charge in [-0.25, -0.2) is 4.39 Å². The van der Waals surface area contributed by atoms with Gasteiger partial charge in [0.1, 0.15) is 6.10 Å². The number of epoxide rings is 1. The molecule has 2 unspecified atom stereocenters. The number of nitrogens with one attached hydrogen (secondary N) is 1. The van der Waals surface area contributed by atoms with Crippen molar-refractivity contribution < 1.29 is 9.13 Å². The molecule has 0 aliphatic carbocycles. The van der Waals surface area contributed by atoms with Crippen molar-refractivity contribution >= 4 is 0 Å². The van der Waals surface area contributed by atoms with Crippen LogP contribution in [0.5, 0.6) is 0 Å². The molecule has 0 amide bonds. The average Bonchev–Trinajstić information content (AvgIpc) is 2.65. The summed E-state index contributed by atoms with van der Waals surface area (Å²) in [5.74, 6) is 0. The standard InChI is InChI=1S/C7H8FNO/c8-7(6-4-10-6)5-2-1-3-9-5/h1-3,6-7,9H,4H2. The predicted octanol–water partition coefficient (Wildman–Crippen LogP) is 1.42. The van der Waals surface area contributed by atoms with Crippen molar-refractivity contribution in [3.63, 3.8) is 0 Å². The molecular formula is C7H8FNO. The average molecular weight is 141 g/mol. The van der Waals surface area contributed by atoms with Gasteiger partial charge in [0.05, 0.1) is 12.3 Å². The van der Waals surface area contributed by atoms with Crippen LogP contribution in [0.2, 0.25) is 0 Å². The van der Waals surface area contributed by atoms with E-state index in [4.69, 9.17) is 4.74 Å². The third-order valence-electron chi connectivity index (χ3n) is 1.60. The molecular weight excluding hydrogens is 133 g/mol. The summed E-state index contributed by atoms with van der Waals surface area (Å²) in [7, 11) is 0. The van der Waals surface area contributed by atoms with E-state index in [1.54, 1.807) is 18.3 Å². The summed E-state index contributed by atoms with van der Waals surface area (Å²) >= 11 is 0. The highest BCUT2D eigenvalue weighted by molar-refractivity contribution is 5.10. The molecule has 0 radical (unpaired) electrons. The van der Waals surface area contributed by atoms with Crippen molar-refractivity contribution in [1.29, 1.82) is 0 Å². The zero-order valence-electron chi connectivity index (χ0n) is 5.38. The van der Waals surface area contributed by atoms with Crippen molar-refractivity contribution in [2.45, 2.75) is 12.3 Å². The molecule has 3 heteroatoms. The van der Waals surface area contributed by atoms with E-state index in [9.17, 15) is 4.39 Å². The fraction of sp³-hybridized carbons (Fsp3) is 0.429. The van der Waals surface area contributed by atoms with Crippen LogP contribution in [-0.4, -0.2) is 17.7 Å². The number of halogens is 1. The van der Waals surface area contributed by atoms with E-state index < -0.39 is 6.17 Å². The number of ether oxygens (including phenoxy) is 1. The first-order valence-electron chi connectivity index (χ1n) is 3.27. The van der Waals surface area contributed by atoms with Crippen LogP contribution < -0.4 is 0 Å². The Balaban J connectivity index is 2.11. The Hall–Kier alpha value is -0.830. The SMILES string of the molecule is FC(c1ccc[nH]1)C1CO1. The Morgan fingerprint density at radius 2 is 2.60 bits per heavy atom. The maximum Gasteiger partial charge on any atom is 0.168 e. The van der Waals surface area contributed by atoms with E-state index in [1.165, 1.54) is 0 Å². The molecule has 0 bridgehead atoms. The minimum Gasteiger partial charge on any atom is -0.370 e. The summed E-state index contributed by atoms with van der Waals surface area (Å²) in [5, 5.41) is 0. The van der Waals surface area contributed by atoms with Gasteiger partial charge in [-0.05, 0) is 12.1 Å². The van der Waals surface area contributed by atoms with Crippen LogP contribution in [0.25, 0.3) is 0 Å². The Morgan fingerprint density at radius 3 is 3.10 bits per heavy atom. The maximum atomic E-state index is 13.0. The van der Waals surface area contributed by atoms with Gasteiger partial charge in [-0.15, -0.1) is 0 Å². The zero-order chi connectivity index (χ0) is 6.97. The topological polar surface area (TPSA) is 28.3 Å². The molecule has 2 nitrogen and oxygen atoms in total. The Labute approximate surface area is 58.0 Å². The summed E-state index contributed by atoms with van der Waals surface area (Å²) in [5.41, 5.74) is 0.613. The number of H-pyrrole nitrogens is 1. The molecule has 2 rings (SSSR count). The number of rotatable bonds is 2. The first kappa shape index (κ1) is 5.92. The van der Waals surface area contributed by atoms with Gasteiger partial charge in [-0.1, -0.05) is 0 Å². The summed E-state index contributed by atoms with van der Waals surface area (Å²) in [6.07, 6.45) is 0.554. The van der Waals surface area contributed by atoms with Crippen LogP contribution >= 0.6 is 0 Å². The monoisotopic (exact) mass is 141 g/mol. The zero-order valence-corrected chi connectivity index (χ0v) is 5.38. The summed E-state index contributed by atoms with van der Waals surface area (Å²) in [4.78, 5) is 2.80. The Kier molecular flexibility index (Phi) is 1.24. The number of aromatic nitrogens is 1. The maximum absolute atomic E-state index is 13.0. The lowest BCUT2D eigenvalue weighted by molar-refractivity contribution is 0.249. The number of alkyl halides is 1. The van der Waals surface area contributed by atoms with Gasteiger partial charge < -0.3 is 9.72 Å². The van der Waals surface area contributed by atoms with Gasteiger partial charge >= 0.3 is 0 Å². The van der Waals surface area contributed by atoms with E-state index in [-0.39, 0.29) is 6.10 Å². The fourth-order valence-corrected chi connectivity index (χ4v) is 0.941. The molecule has 0 aromatic carbocycles. The van der Waals surface area contributed by atoms with Crippen LogP contribution in [0.1, 0.15) is 11.9 Å². The molecule has 0 saturated carbocycles. The molecule has 1 N–H and O–H groups in total. The number of hydrogen-bond donors (Lipinski definition) is 1. The fourth-order valence-electron chi connectivity index (χ4n) is 0.941. The second-order valence-electron chi connectivity index (χ2n) is 2.40. The Morgan fingerprint density at radius 1 is 1.80 bits per heavy atom. The molecule has 2 heterocycles. The first-order valence-corrected chi connectivity index (χ1v) is 3.27. The highest BCUT2D eigenvalue weighted by atomic mass is 19.1. The van der Waals surface area contributed by atoms with E-state index in [2.05, 4.69) is 4.98 Å². The van der Waals surface area contributed by atoms with Gasteiger partial charge in [0.2, 0.25) is 0 Å². The summed E-state index contributed by atoms with van der Waals surface area (Å²) in [6.45, 7) is 0.556. The van der Waals surface area contributed by atoms with Crippen molar-refractivity contribution in [3.05, 3.63) is 24.0 Å². The third kappa shape index (κ3) is 0.926. The largest absolute Gasteiger partial charge is 0.370 e. The lowest BCUT2D eigenvalue weighted by Gasteiger charge is -1.98. The van der Waals surface area contributed by atoms with Crippen molar-refractivity contribution in [2.75, 3.05) is 6.61 Å². The van der Waals surface area contributed by atoms with Crippen LogP contribution in [0.3, 0.4) is 0 Å². The van der Waals surface area contributed by atoms with Crippen LogP contribution in [0.4, 0.5) is 4.39 Å². The van der Waals surface area contributed by atoms with Crippen LogP contribution in [-0.2, 0) is 4.74 Å². The van der Waals surface area contributed by atoms with Gasteiger partial charge in [0.25, 0.3) is 0 Å². The molecule has 1 fully saturated rings. The molecule has 1 aromatic heterocycles. The van der Waals surface area contributed by atoms with Crippen molar-refractivity contribution in [2.24, 2.45) is 0 Å². The second kappa shape index (κ2) is 2.09. The molecule has 0 spiro atoms. The lowest BCUT2D eigenvalue weighted by atomic mass is 10.2. The van der Waals surface area contributed by atoms with Gasteiger partial charge in [-0.3, -0.25) is 0 Å². The first-order chi connectivity index (χ1) is 4.88. The number of aromatic amines is 1. The van der Waals surface area contributed by atoms with Crippen LogP contribution in [0, 0.1) is 0 Å². The second-order valence-corrected chi connectivity index (χ2v) is 2.40. The summed E-state index contributed by atoms with van der Waals surface area (Å²) in [6, 6.07) is 3.51. The van der Waals surface area contributed by atoms with E-state index in [0.717, 1.165) is 0 Å². The van der Waals surface area contributed by atoms with Crippen molar-refractivity contribution in [1.82, 2.24) is 4.98 Å². The lowest BCUT2D eigenvalue weighted by Crippen LogP contribution is -1.99. The van der Waals surface area contributed by atoms with E-state index in [0.29, 0.717) is 12.3 Å². The van der Waals surface area contributed by atoms with E-state index >= 15 is 0 Å². The summed E-state index contributed by atoms with van der Waals surface area (Å²) < 4.78 is 17.8. The molecule has 1 aliphatic heterocycles. The number of hydrogen-bond acceptors (Lipinski definition) is 1. The Bertz CT molecular complexity index is 205. The molecule has 1 aromatic rings. The normalized spacial score (nSPS) is 26.3. The van der Waals surface area contributed by atoms with Gasteiger partial charge in [0.15, 0.2) is 6.17 Å². The van der Waals surface area contributed by atoms with Crippen LogP contribution in [0.15, 0.2) is 18.3 Å². The minimum absolute atomic E-state index is 0.196. The quantitative estimate of drug-likeness (QED) is 0.620. The highest BCUT2D eigenvalue weighted by Gasteiger charge is 2.34.